The summed E-state index contributed by atoms with van der Waals surface area (Å²) in [5.74, 6) is 0.216. The molecule has 0 spiro atoms. The summed E-state index contributed by atoms with van der Waals surface area (Å²) in [6, 6.07) is 18.5. The normalized spacial score (nSPS) is 20.7. The molecule has 1 N–H and O–H groups in total. The first-order valence-electron chi connectivity index (χ1n) is 12.5. The molecule has 0 saturated heterocycles. The molecule has 0 radical (unpaired) electrons. The van der Waals surface area contributed by atoms with Crippen LogP contribution in [0.15, 0.2) is 78.0 Å². The molecule has 3 aromatic rings. The Hall–Kier alpha value is -3.04. The van der Waals surface area contributed by atoms with Crippen molar-refractivity contribution in [3.8, 4) is 5.75 Å². The first-order chi connectivity index (χ1) is 17.8. The van der Waals surface area contributed by atoms with Crippen LogP contribution in [-0.4, -0.2) is 66.6 Å². The number of aromatic nitrogens is 1. The molecule has 37 heavy (non-hydrogen) atoms. The van der Waals surface area contributed by atoms with Crippen molar-refractivity contribution >= 4 is 22.2 Å². The maximum atomic E-state index is 13.7. The van der Waals surface area contributed by atoms with Gasteiger partial charge in [-0.3, -0.25) is 9.88 Å². The van der Waals surface area contributed by atoms with Gasteiger partial charge in [-0.05, 0) is 48.9 Å². The third kappa shape index (κ3) is 6.64. The van der Waals surface area contributed by atoms with E-state index in [0.717, 1.165) is 16.7 Å². The first kappa shape index (κ1) is 27.0. The molecule has 2 aromatic carbocycles. The number of benzene rings is 2. The number of hydrogen-bond acceptors (Lipinski definition) is 6. The van der Waals surface area contributed by atoms with E-state index >= 15 is 0 Å². The number of aliphatic hydroxyl groups is 1. The maximum Gasteiger partial charge on any atom is 0.247 e. The molecule has 7 nitrogen and oxygen atoms in total. The molecular weight excluding hydrogens is 486 g/mol. The number of aliphatic hydroxyl groups excluding tert-OH is 1. The molecule has 1 aliphatic rings. The third-order valence-corrected chi connectivity index (χ3v) is 8.65. The highest BCUT2D eigenvalue weighted by atomic mass is 32.2. The van der Waals surface area contributed by atoms with Gasteiger partial charge in [0.2, 0.25) is 10.0 Å². The minimum Gasteiger partial charge on any atom is -0.487 e. The SMILES string of the molecule is C[C@@H]1CN([C@H](C)CO)S(=O)(=O)c2ccc(/C=C/c3ccccc3)cc2O[C@@H]1CN(C)Cc1cccnc1. The molecule has 0 saturated carbocycles. The van der Waals surface area contributed by atoms with Gasteiger partial charge >= 0.3 is 0 Å². The van der Waals surface area contributed by atoms with Crippen LogP contribution in [0.4, 0.5) is 0 Å². The number of rotatable bonds is 8. The van der Waals surface area contributed by atoms with Gasteiger partial charge in [0, 0.05) is 44.0 Å². The van der Waals surface area contributed by atoms with Crippen LogP contribution in [-0.2, 0) is 16.6 Å². The van der Waals surface area contributed by atoms with Crippen LogP contribution >= 0.6 is 0 Å². The van der Waals surface area contributed by atoms with Crippen molar-refractivity contribution in [2.75, 3.05) is 26.7 Å². The Labute approximate surface area is 220 Å². The van der Waals surface area contributed by atoms with Crippen LogP contribution in [0.25, 0.3) is 12.2 Å². The number of nitrogens with zero attached hydrogens (tertiary/aromatic N) is 3. The molecule has 4 rings (SSSR count). The van der Waals surface area contributed by atoms with Gasteiger partial charge in [0.25, 0.3) is 0 Å². The highest BCUT2D eigenvalue weighted by Gasteiger charge is 2.38. The third-order valence-electron chi connectivity index (χ3n) is 6.63. The molecule has 3 atom stereocenters. The van der Waals surface area contributed by atoms with Gasteiger partial charge < -0.3 is 9.84 Å². The Morgan fingerprint density at radius 3 is 2.59 bits per heavy atom. The van der Waals surface area contributed by atoms with Crippen LogP contribution in [0, 0.1) is 5.92 Å². The molecule has 0 aliphatic carbocycles. The van der Waals surface area contributed by atoms with E-state index in [9.17, 15) is 13.5 Å². The van der Waals surface area contributed by atoms with E-state index in [0.29, 0.717) is 18.8 Å². The molecule has 8 heteroatoms. The van der Waals surface area contributed by atoms with Gasteiger partial charge in [-0.2, -0.15) is 4.31 Å². The summed E-state index contributed by atoms with van der Waals surface area (Å²) in [6.45, 7) is 5.02. The summed E-state index contributed by atoms with van der Waals surface area (Å²) < 4.78 is 35.3. The predicted octanol–water partition coefficient (Wildman–Crippen LogP) is 4.15. The number of likely N-dealkylation sites (N-methyl/N-ethyl adjacent to an activating group) is 1. The zero-order valence-electron chi connectivity index (χ0n) is 21.6. The van der Waals surface area contributed by atoms with E-state index in [1.54, 1.807) is 31.3 Å². The van der Waals surface area contributed by atoms with Crippen molar-refractivity contribution in [3.63, 3.8) is 0 Å². The Kier molecular flexibility index (Phi) is 8.76. The number of hydrogen-bond donors (Lipinski definition) is 1. The second kappa shape index (κ2) is 12.0. The second-order valence-corrected chi connectivity index (χ2v) is 11.6. The molecule has 0 unspecified atom stereocenters. The minimum atomic E-state index is -3.87. The molecule has 196 valence electrons. The number of fused-ring (bicyclic) bond motifs is 1. The predicted molar refractivity (Wildman–Crippen MR) is 146 cm³/mol. The van der Waals surface area contributed by atoms with E-state index in [2.05, 4.69) is 9.88 Å². The van der Waals surface area contributed by atoms with Gasteiger partial charge in [-0.15, -0.1) is 0 Å². The number of sulfonamides is 1. The van der Waals surface area contributed by atoms with Crippen molar-refractivity contribution in [1.82, 2.24) is 14.2 Å². The first-order valence-corrected chi connectivity index (χ1v) is 14.0. The monoisotopic (exact) mass is 521 g/mol. The van der Waals surface area contributed by atoms with Gasteiger partial charge in [0.15, 0.2) is 0 Å². The zero-order chi connectivity index (χ0) is 26.4. The fourth-order valence-electron chi connectivity index (χ4n) is 4.50. The van der Waals surface area contributed by atoms with Crippen LogP contribution < -0.4 is 4.74 Å². The summed E-state index contributed by atoms with van der Waals surface area (Å²) in [5.41, 5.74) is 2.99. The minimum absolute atomic E-state index is 0.114. The van der Waals surface area contributed by atoms with Crippen LogP contribution in [0.1, 0.15) is 30.5 Å². The summed E-state index contributed by atoms with van der Waals surface area (Å²) in [5, 5.41) is 9.85. The molecule has 0 fully saturated rings. The van der Waals surface area contributed by atoms with Crippen molar-refractivity contribution in [2.24, 2.45) is 5.92 Å². The largest absolute Gasteiger partial charge is 0.487 e. The van der Waals surface area contributed by atoms with E-state index < -0.39 is 16.1 Å². The van der Waals surface area contributed by atoms with Crippen molar-refractivity contribution < 1.29 is 18.3 Å². The Morgan fingerprint density at radius 2 is 1.89 bits per heavy atom. The summed E-state index contributed by atoms with van der Waals surface area (Å²) in [4.78, 5) is 6.48. The quantitative estimate of drug-likeness (QED) is 0.449. The standard InChI is InChI=1S/C29H35N3O4S/c1-22-18-32(23(2)21-33)37(34,35)29-14-13-25(12-11-24-8-5-4-6-9-24)16-27(29)36-28(22)20-31(3)19-26-10-7-15-30-17-26/h4-17,22-23,28,33H,18-21H2,1-3H3/b12-11+/t22-,23-,28-/m1/s1. The van der Waals surface area contributed by atoms with E-state index in [4.69, 9.17) is 4.74 Å². The molecule has 1 aromatic heterocycles. The number of pyridine rings is 1. The molecule has 0 bridgehead atoms. The fraction of sp³-hybridized carbons (Fsp3) is 0.345. The van der Waals surface area contributed by atoms with Gasteiger partial charge in [-0.25, -0.2) is 8.42 Å². The molecule has 2 heterocycles. The summed E-state index contributed by atoms with van der Waals surface area (Å²) in [6.07, 6.45) is 7.27. The van der Waals surface area contributed by atoms with Crippen molar-refractivity contribution in [1.29, 1.82) is 0 Å². The topological polar surface area (TPSA) is 83.0 Å². The molecule has 0 amide bonds. The summed E-state index contributed by atoms with van der Waals surface area (Å²) in [7, 11) is -1.85. The van der Waals surface area contributed by atoms with E-state index in [1.165, 1.54) is 4.31 Å². The van der Waals surface area contributed by atoms with Crippen molar-refractivity contribution in [2.45, 2.75) is 37.4 Å². The molecular formula is C29H35N3O4S. The highest BCUT2D eigenvalue weighted by Crippen LogP contribution is 2.34. The van der Waals surface area contributed by atoms with E-state index in [1.807, 2.05) is 74.8 Å². The lowest BCUT2D eigenvalue weighted by Crippen LogP contribution is -2.49. The number of ether oxygens (including phenoxy) is 1. The van der Waals surface area contributed by atoms with Gasteiger partial charge in [-0.1, -0.05) is 61.5 Å². The zero-order valence-corrected chi connectivity index (χ0v) is 22.4. The fourth-order valence-corrected chi connectivity index (χ4v) is 6.32. The van der Waals surface area contributed by atoms with Gasteiger partial charge in [0.05, 0.1) is 6.61 Å². The lowest BCUT2D eigenvalue weighted by atomic mass is 10.0. The second-order valence-electron chi connectivity index (χ2n) is 9.75. The van der Waals surface area contributed by atoms with Crippen LogP contribution in [0.3, 0.4) is 0 Å². The van der Waals surface area contributed by atoms with Crippen LogP contribution in [0.5, 0.6) is 5.75 Å². The Balaban J connectivity index is 1.68. The van der Waals surface area contributed by atoms with Gasteiger partial charge in [0.1, 0.15) is 16.7 Å². The van der Waals surface area contributed by atoms with Crippen molar-refractivity contribution in [3.05, 3.63) is 89.7 Å². The average Bonchev–Trinajstić information content (AvgIpc) is 2.90. The summed E-state index contributed by atoms with van der Waals surface area (Å²) >= 11 is 0. The highest BCUT2D eigenvalue weighted by molar-refractivity contribution is 7.89. The van der Waals surface area contributed by atoms with Crippen LogP contribution in [0.2, 0.25) is 0 Å². The Bertz CT molecular complexity index is 1300. The molecule has 1 aliphatic heterocycles. The maximum absolute atomic E-state index is 13.7. The van der Waals surface area contributed by atoms with E-state index in [-0.39, 0.29) is 30.1 Å². The lowest BCUT2D eigenvalue weighted by molar-refractivity contribution is 0.0733. The average molecular weight is 522 g/mol. The smallest absolute Gasteiger partial charge is 0.247 e. The Morgan fingerprint density at radius 1 is 1.14 bits per heavy atom. The lowest BCUT2D eigenvalue weighted by Gasteiger charge is -2.37.